The van der Waals surface area contributed by atoms with Gasteiger partial charge >= 0.3 is 0 Å². The minimum atomic E-state index is -0.396. The van der Waals surface area contributed by atoms with Gasteiger partial charge < -0.3 is 10.1 Å². The minimum absolute atomic E-state index is 0.00118. The van der Waals surface area contributed by atoms with Gasteiger partial charge in [0, 0.05) is 18.7 Å². The first kappa shape index (κ1) is 11.9. The van der Waals surface area contributed by atoms with Crippen LogP contribution in [0, 0.1) is 5.82 Å². The predicted molar refractivity (Wildman–Crippen MR) is 55.1 cm³/mol. The maximum Gasteiger partial charge on any atom is 0.246 e. The summed E-state index contributed by atoms with van der Waals surface area (Å²) in [5.41, 5.74) is 0.669. The number of rotatable bonds is 4. The van der Waals surface area contributed by atoms with Crippen molar-refractivity contribution in [3.05, 3.63) is 34.6 Å². The van der Waals surface area contributed by atoms with Crippen LogP contribution in [-0.4, -0.2) is 19.6 Å². The van der Waals surface area contributed by atoms with Gasteiger partial charge in [-0.1, -0.05) is 17.7 Å². The first-order chi connectivity index (χ1) is 7.13. The van der Waals surface area contributed by atoms with Crippen LogP contribution in [0.25, 0.3) is 0 Å². The van der Waals surface area contributed by atoms with Gasteiger partial charge in [0.05, 0.1) is 0 Å². The van der Waals surface area contributed by atoms with E-state index in [-0.39, 0.29) is 19.1 Å². The fourth-order valence-electron chi connectivity index (χ4n) is 1.04. The number of amides is 1. The first-order valence-electron chi connectivity index (χ1n) is 4.33. The third-order valence-corrected chi connectivity index (χ3v) is 2.12. The fraction of sp³-hybridized carbons (Fsp3) is 0.300. The third-order valence-electron chi connectivity index (χ3n) is 1.77. The van der Waals surface area contributed by atoms with Crippen molar-refractivity contribution in [3.8, 4) is 0 Å². The molecule has 1 aromatic rings. The van der Waals surface area contributed by atoms with Crippen LogP contribution >= 0.6 is 11.6 Å². The van der Waals surface area contributed by atoms with Crippen molar-refractivity contribution in [2.45, 2.75) is 6.54 Å². The first-order valence-corrected chi connectivity index (χ1v) is 4.71. The summed E-state index contributed by atoms with van der Waals surface area (Å²) >= 11 is 5.77. The summed E-state index contributed by atoms with van der Waals surface area (Å²) in [5, 5.41) is 2.89. The number of halogens is 2. The number of hydrogen-bond acceptors (Lipinski definition) is 2. The molecule has 0 radical (unpaired) electrons. The Morgan fingerprint density at radius 1 is 1.60 bits per heavy atom. The van der Waals surface area contributed by atoms with Gasteiger partial charge in [0.25, 0.3) is 0 Å². The standard InChI is InChI=1S/C10H11ClFNO2/c1-15-6-10(14)13-5-7-2-3-8(12)4-9(7)11/h2-4H,5-6H2,1H3,(H,13,14). The van der Waals surface area contributed by atoms with E-state index in [1.165, 1.54) is 25.3 Å². The van der Waals surface area contributed by atoms with Crippen molar-refractivity contribution >= 4 is 17.5 Å². The average Bonchev–Trinajstić information content (AvgIpc) is 2.17. The molecule has 0 fully saturated rings. The Morgan fingerprint density at radius 2 is 2.33 bits per heavy atom. The molecule has 0 aliphatic heterocycles. The highest BCUT2D eigenvalue weighted by atomic mass is 35.5. The molecule has 0 aromatic heterocycles. The van der Waals surface area contributed by atoms with E-state index in [4.69, 9.17) is 11.6 Å². The molecule has 0 unspecified atom stereocenters. The number of hydrogen-bond donors (Lipinski definition) is 1. The lowest BCUT2D eigenvalue weighted by Gasteiger charge is -2.06. The average molecular weight is 232 g/mol. The topological polar surface area (TPSA) is 38.3 Å². The molecule has 0 saturated carbocycles. The molecule has 3 nitrogen and oxygen atoms in total. The second-order valence-corrected chi connectivity index (χ2v) is 3.35. The Balaban J connectivity index is 2.54. The van der Waals surface area contributed by atoms with Crippen LogP contribution in [0.5, 0.6) is 0 Å². The van der Waals surface area contributed by atoms with Crippen LogP contribution in [0.15, 0.2) is 18.2 Å². The lowest BCUT2D eigenvalue weighted by atomic mass is 10.2. The monoisotopic (exact) mass is 231 g/mol. The highest BCUT2D eigenvalue weighted by Crippen LogP contribution is 2.16. The van der Waals surface area contributed by atoms with Gasteiger partial charge in [0.15, 0.2) is 0 Å². The Hall–Kier alpha value is -1.13. The second kappa shape index (κ2) is 5.68. The van der Waals surface area contributed by atoms with E-state index in [1.807, 2.05) is 0 Å². The van der Waals surface area contributed by atoms with Gasteiger partial charge in [-0.25, -0.2) is 4.39 Å². The van der Waals surface area contributed by atoms with Crippen LogP contribution in [0.3, 0.4) is 0 Å². The Morgan fingerprint density at radius 3 is 2.93 bits per heavy atom. The van der Waals surface area contributed by atoms with E-state index in [1.54, 1.807) is 0 Å². The molecule has 0 saturated heterocycles. The lowest BCUT2D eigenvalue weighted by molar-refractivity contribution is -0.124. The zero-order valence-electron chi connectivity index (χ0n) is 8.22. The molecule has 82 valence electrons. The SMILES string of the molecule is COCC(=O)NCc1ccc(F)cc1Cl. The molecule has 0 bridgehead atoms. The van der Waals surface area contributed by atoms with Crippen LogP contribution < -0.4 is 5.32 Å². The lowest BCUT2D eigenvalue weighted by Crippen LogP contribution is -2.26. The van der Waals surface area contributed by atoms with Crippen LogP contribution in [0.2, 0.25) is 5.02 Å². The largest absolute Gasteiger partial charge is 0.375 e. The zero-order valence-corrected chi connectivity index (χ0v) is 8.97. The summed E-state index contributed by atoms with van der Waals surface area (Å²) < 4.78 is 17.3. The maximum absolute atomic E-state index is 12.7. The molecule has 0 spiro atoms. The molecule has 0 aliphatic rings. The van der Waals surface area contributed by atoms with E-state index in [2.05, 4.69) is 10.1 Å². The molecule has 1 aromatic carbocycles. The van der Waals surface area contributed by atoms with Crippen LogP contribution in [-0.2, 0) is 16.1 Å². The summed E-state index contributed by atoms with van der Waals surface area (Å²) in [6.45, 7) is 0.264. The quantitative estimate of drug-likeness (QED) is 0.857. The second-order valence-electron chi connectivity index (χ2n) is 2.95. The smallest absolute Gasteiger partial charge is 0.246 e. The number of benzene rings is 1. The van der Waals surface area contributed by atoms with Crippen molar-refractivity contribution < 1.29 is 13.9 Å². The molecular formula is C10H11ClFNO2. The number of carbonyl (C=O) groups is 1. The molecule has 0 heterocycles. The third kappa shape index (κ3) is 3.85. The minimum Gasteiger partial charge on any atom is -0.375 e. The Bertz CT molecular complexity index is 357. The summed E-state index contributed by atoms with van der Waals surface area (Å²) in [5.74, 6) is -0.634. The molecule has 1 rings (SSSR count). The highest BCUT2D eigenvalue weighted by molar-refractivity contribution is 6.31. The van der Waals surface area contributed by atoms with Gasteiger partial charge in [-0.3, -0.25) is 4.79 Å². The number of ether oxygens (including phenoxy) is 1. The van der Waals surface area contributed by atoms with Crippen molar-refractivity contribution in [1.82, 2.24) is 5.32 Å². The highest BCUT2D eigenvalue weighted by Gasteiger charge is 2.04. The van der Waals surface area contributed by atoms with Crippen LogP contribution in [0.1, 0.15) is 5.56 Å². The molecule has 1 N–H and O–H groups in total. The summed E-state index contributed by atoms with van der Waals surface area (Å²) in [4.78, 5) is 11.0. The number of methoxy groups -OCH3 is 1. The van der Waals surface area contributed by atoms with Crippen molar-refractivity contribution in [2.24, 2.45) is 0 Å². The maximum atomic E-state index is 12.7. The van der Waals surface area contributed by atoms with Crippen molar-refractivity contribution in [1.29, 1.82) is 0 Å². The Kier molecular flexibility index (Phi) is 4.52. The van der Waals surface area contributed by atoms with Gasteiger partial charge in [-0.15, -0.1) is 0 Å². The van der Waals surface area contributed by atoms with Gasteiger partial charge in [-0.05, 0) is 17.7 Å². The van der Waals surface area contributed by atoms with E-state index in [9.17, 15) is 9.18 Å². The Labute approximate surface area is 92.2 Å². The van der Waals surface area contributed by atoms with E-state index < -0.39 is 5.82 Å². The predicted octanol–water partition coefficient (Wildman–Crippen LogP) is 1.74. The normalized spacial score (nSPS) is 10.1. The van der Waals surface area contributed by atoms with E-state index in [0.717, 1.165) is 0 Å². The van der Waals surface area contributed by atoms with Crippen molar-refractivity contribution in [3.63, 3.8) is 0 Å². The molecule has 0 aliphatic carbocycles. The fourth-order valence-corrected chi connectivity index (χ4v) is 1.28. The van der Waals surface area contributed by atoms with E-state index >= 15 is 0 Å². The molecule has 15 heavy (non-hydrogen) atoms. The molecule has 0 atom stereocenters. The summed E-state index contributed by atoms with van der Waals surface area (Å²) in [7, 11) is 1.43. The summed E-state index contributed by atoms with van der Waals surface area (Å²) in [6.07, 6.45) is 0. The van der Waals surface area contributed by atoms with Crippen molar-refractivity contribution in [2.75, 3.05) is 13.7 Å². The van der Waals surface area contributed by atoms with Gasteiger partial charge in [0.1, 0.15) is 12.4 Å². The van der Waals surface area contributed by atoms with Gasteiger partial charge in [0.2, 0.25) is 5.91 Å². The molecular weight excluding hydrogens is 221 g/mol. The number of nitrogens with one attached hydrogen (secondary N) is 1. The van der Waals surface area contributed by atoms with Crippen LogP contribution in [0.4, 0.5) is 4.39 Å². The molecule has 1 amide bonds. The number of carbonyl (C=O) groups excluding carboxylic acids is 1. The zero-order chi connectivity index (χ0) is 11.3. The van der Waals surface area contributed by atoms with E-state index in [0.29, 0.717) is 10.6 Å². The summed E-state index contributed by atoms with van der Waals surface area (Å²) in [6, 6.07) is 4.04. The van der Waals surface area contributed by atoms with Gasteiger partial charge in [-0.2, -0.15) is 0 Å². The molecule has 5 heteroatoms.